The molecule has 16 heavy (non-hydrogen) atoms. The zero-order chi connectivity index (χ0) is 12.1. The van der Waals surface area contributed by atoms with Crippen molar-refractivity contribution < 1.29 is 9.53 Å². The molecule has 1 rings (SSSR count). The number of carbonyl (C=O) groups excluding carboxylic acids is 1. The SMILES string of the molecule is CCOC(=O)C(N)C1CCC(=C(C)C)CC1. The van der Waals surface area contributed by atoms with Gasteiger partial charge in [-0.1, -0.05) is 11.1 Å². The van der Waals surface area contributed by atoms with Crippen molar-refractivity contribution in [3.05, 3.63) is 11.1 Å². The van der Waals surface area contributed by atoms with Crippen molar-refractivity contribution in [3.63, 3.8) is 0 Å². The van der Waals surface area contributed by atoms with E-state index in [0.717, 1.165) is 25.7 Å². The zero-order valence-corrected chi connectivity index (χ0v) is 10.6. The van der Waals surface area contributed by atoms with Gasteiger partial charge in [-0.2, -0.15) is 0 Å². The molecule has 1 aliphatic carbocycles. The monoisotopic (exact) mass is 225 g/mol. The molecule has 0 aliphatic heterocycles. The molecule has 1 saturated carbocycles. The van der Waals surface area contributed by atoms with Crippen LogP contribution in [0.25, 0.3) is 0 Å². The highest BCUT2D eigenvalue weighted by molar-refractivity contribution is 5.75. The Hall–Kier alpha value is -0.830. The second-order valence-corrected chi connectivity index (χ2v) is 4.72. The first-order valence-electron chi connectivity index (χ1n) is 6.13. The molecule has 0 saturated heterocycles. The number of allylic oxidation sites excluding steroid dienone is 2. The molecule has 1 atom stereocenters. The van der Waals surface area contributed by atoms with Gasteiger partial charge in [-0.25, -0.2) is 0 Å². The molecule has 1 aliphatic rings. The van der Waals surface area contributed by atoms with E-state index in [1.54, 1.807) is 0 Å². The van der Waals surface area contributed by atoms with Gasteiger partial charge >= 0.3 is 5.97 Å². The van der Waals surface area contributed by atoms with E-state index >= 15 is 0 Å². The van der Waals surface area contributed by atoms with Crippen molar-refractivity contribution in [1.82, 2.24) is 0 Å². The molecule has 0 amide bonds. The van der Waals surface area contributed by atoms with E-state index in [1.165, 1.54) is 11.1 Å². The fourth-order valence-corrected chi connectivity index (χ4v) is 2.28. The number of hydrogen-bond acceptors (Lipinski definition) is 3. The molecule has 0 heterocycles. The highest BCUT2D eigenvalue weighted by Gasteiger charge is 2.28. The van der Waals surface area contributed by atoms with Gasteiger partial charge in [-0.05, 0) is 52.4 Å². The summed E-state index contributed by atoms with van der Waals surface area (Å²) in [5, 5.41) is 0. The summed E-state index contributed by atoms with van der Waals surface area (Å²) in [7, 11) is 0. The van der Waals surface area contributed by atoms with Gasteiger partial charge in [0.2, 0.25) is 0 Å². The summed E-state index contributed by atoms with van der Waals surface area (Å²) in [6.45, 7) is 6.53. The number of hydrogen-bond donors (Lipinski definition) is 1. The summed E-state index contributed by atoms with van der Waals surface area (Å²) < 4.78 is 4.96. The normalized spacial score (nSPS) is 22.8. The Kier molecular flexibility index (Phi) is 5.00. The van der Waals surface area contributed by atoms with Gasteiger partial charge in [-0.15, -0.1) is 0 Å². The molecule has 0 bridgehead atoms. The predicted molar refractivity (Wildman–Crippen MR) is 64.9 cm³/mol. The summed E-state index contributed by atoms with van der Waals surface area (Å²) in [6.07, 6.45) is 4.20. The molecule has 0 radical (unpaired) electrons. The quantitative estimate of drug-likeness (QED) is 0.592. The van der Waals surface area contributed by atoms with Gasteiger partial charge in [0.1, 0.15) is 6.04 Å². The smallest absolute Gasteiger partial charge is 0.323 e. The van der Waals surface area contributed by atoms with Gasteiger partial charge in [0.25, 0.3) is 0 Å². The molecule has 3 nitrogen and oxygen atoms in total. The van der Waals surface area contributed by atoms with Crippen LogP contribution in [0.5, 0.6) is 0 Å². The van der Waals surface area contributed by atoms with Crippen LogP contribution >= 0.6 is 0 Å². The van der Waals surface area contributed by atoms with Gasteiger partial charge in [0.15, 0.2) is 0 Å². The number of nitrogens with two attached hydrogens (primary N) is 1. The highest BCUT2D eigenvalue weighted by atomic mass is 16.5. The third-order valence-corrected chi connectivity index (χ3v) is 3.41. The van der Waals surface area contributed by atoms with Crippen LogP contribution in [0.4, 0.5) is 0 Å². The van der Waals surface area contributed by atoms with Crippen LogP contribution in [0.3, 0.4) is 0 Å². The van der Waals surface area contributed by atoms with E-state index in [0.29, 0.717) is 12.5 Å². The molecule has 2 N–H and O–H groups in total. The summed E-state index contributed by atoms with van der Waals surface area (Å²) in [6, 6.07) is -0.432. The first kappa shape index (κ1) is 13.2. The van der Waals surface area contributed by atoms with Gasteiger partial charge in [-0.3, -0.25) is 4.79 Å². The zero-order valence-electron chi connectivity index (χ0n) is 10.6. The lowest BCUT2D eigenvalue weighted by Gasteiger charge is -2.28. The van der Waals surface area contributed by atoms with Crippen molar-refractivity contribution >= 4 is 5.97 Å². The van der Waals surface area contributed by atoms with Gasteiger partial charge in [0.05, 0.1) is 6.61 Å². The standard InChI is InChI=1S/C13H23NO2/c1-4-16-13(15)12(14)11-7-5-10(6-8-11)9(2)3/h11-12H,4-8,14H2,1-3H3. The average molecular weight is 225 g/mol. The van der Waals surface area contributed by atoms with Crippen molar-refractivity contribution in [2.75, 3.05) is 6.61 Å². The minimum atomic E-state index is -0.432. The van der Waals surface area contributed by atoms with Crippen molar-refractivity contribution in [1.29, 1.82) is 0 Å². The maximum atomic E-state index is 11.5. The highest BCUT2D eigenvalue weighted by Crippen LogP contribution is 2.31. The Morgan fingerprint density at radius 2 is 2.00 bits per heavy atom. The molecule has 0 aromatic heterocycles. The van der Waals surface area contributed by atoms with Crippen molar-refractivity contribution in [2.24, 2.45) is 11.7 Å². The van der Waals surface area contributed by atoms with E-state index in [-0.39, 0.29) is 5.97 Å². The van der Waals surface area contributed by atoms with Crippen molar-refractivity contribution in [2.45, 2.75) is 52.5 Å². The predicted octanol–water partition coefficient (Wildman–Crippen LogP) is 2.40. The molecule has 92 valence electrons. The molecule has 0 spiro atoms. The van der Waals surface area contributed by atoms with E-state index in [1.807, 2.05) is 6.92 Å². The fourth-order valence-electron chi connectivity index (χ4n) is 2.28. The van der Waals surface area contributed by atoms with Crippen LogP contribution in [0.1, 0.15) is 46.5 Å². The Labute approximate surface area is 98.0 Å². The molecular weight excluding hydrogens is 202 g/mol. The third kappa shape index (κ3) is 3.34. The second-order valence-electron chi connectivity index (χ2n) is 4.72. The van der Waals surface area contributed by atoms with Crippen LogP contribution in [0.2, 0.25) is 0 Å². The number of rotatable bonds is 3. The van der Waals surface area contributed by atoms with E-state index < -0.39 is 6.04 Å². The maximum Gasteiger partial charge on any atom is 0.323 e. The molecular formula is C13H23NO2. The van der Waals surface area contributed by atoms with Gasteiger partial charge in [0, 0.05) is 0 Å². The number of esters is 1. The van der Waals surface area contributed by atoms with E-state index in [9.17, 15) is 4.79 Å². The summed E-state index contributed by atoms with van der Waals surface area (Å²) in [4.78, 5) is 11.5. The lowest BCUT2D eigenvalue weighted by atomic mass is 9.80. The number of carbonyl (C=O) groups is 1. The van der Waals surface area contributed by atoms with Crippen LogP contribution in [-0.4, -0.2) is 18.6 Å². The van der Waals surface area contributed by atoms with E-state index in [2.05, 4.69) is 13.8 Å². The molecule has 1 unspecified atom stereocenters. The molecule has 3 heteroatoms. The second kappa shape index (κ2) is 6.04. The summed E-state index contributed by atoms with van der Waals surface area (Å²) >= 11 is 0. The first-order valence-corrected chi connectivity index (χ1v) is 6.13. The van der Waals surface area contributed by atoms with Crippen LogP contribution < -0.4 is 5.73 Å². The topological polar surface area (TPSA) is 52.3 Å². The third-order valence-electron chi connectivity index (χ3n) is 3.41. The minimum absolute atomic E-state index is 0.242. The van der Waals surface area contributed by atoms with Crippen LogP contribution in [0, 0.1) is 5.92 Å². The Balaban J connectivity index is 2.47. The average Bonchev–Trinajstić information content (AvgIpc) is 2.28. The Bertz CT molecular complexity index is 270. The van der Waals surface area contributed by atoms with Crippen LogP contribution in [0.15, 0.2) is 11.1 Å². The summed E-state index contributed by atoms with van der Waals surface area (Å²) in [5.74, 6) is 0.0512. The summed E-state index contributed by atoms with van der Waals surface area (Å²) in [5.41, 5.74) is 8.86. The van der Waals surface area contributed by atoms with Gasteiger partial charge < -0.3 is 10.5 Å². The maximum absolute atomic E-state index is 11.5. The van der Waals surface area contributed by atoms with Crippen molar-refractivity contribution in [3.8, 4) is 0 Å². The lowest BCUT2D eigenvalue weighted by molar-refractivity contribution is -0.146. The largest absolute Gasteiger partial charge is 0.465 e. The first-order chi connectivity index (χ1) is 7.56. The molecule has 1 fully saturated rings. The fraction of sp³-hybridized carbons (Fsp3) is 0.769. The Morgan fingerprint density at radius 1 is 1.44 bits per heavy atom. The lowest BCUT2D eigenvalue weighted by Crippen LogP contribution is -2.40. The Morgan fingerprint density at radius 3 is 2.44 bits per heavy atom. The minimum Gasteiger partial charge on any atom is -0.465 e. The molecule has 0 aromatic rings. The number of ether oxygens (including phenoxy) is 1. The van der Waals surface area contributed by atoms with E-state index in [4.69, 9.17) is 10.5 Å². The molecule has 0 aromatic carbocycles. The van der Waals surface area contributed by atoms with Crippen LogP contribution in [-0.2, 0) is 9.53 Å².